The van der Waals surface area contributed by atoms with Crippen molar-refractivity contribution >= 4 is 23.0 Å². The van der Waals surface area contributed by atoms with E-state index in [1.165, 1.54) is 134 Å². The van der Waals surface area contributed by atoms with Gasteiger partial charge in [0.1, 0.15) is 34.5 Å². The molecule has 0 amide bonds. The second-order valence-electron chi connectivity index (χ2n) is 41.0. The van der Waals surface area contributed by atoms with Gasteiger partial charge < -0.3 is 27.1 Å². The van der Waals surface area contributed by atoms with Gasteiger partial charge in [0, 0.05) is 32.5 Å². The normalized spacial score (nSPS) is 16.5. The molecule has 0 atom stereocenters. The van der Waals surface area contributed by atoms with Crippen LogP contribution in [-0.2, 0) is 32.5 Å². The summed E-state index contributed by atoms with van der Waals surface area (Å²) in [5.74, 6) is 2.39. The first-order chi connectivity index (χ1) is 66.7. The van der Waals surface area contributed by atoms with Crippen molar-refractivity contribution in [2.45, 2.75) is 116 Å². The zero-order chi connectivity index (χ0) is 93.8. The third-order valence-corrected chi connectivity index (χ3v) is 38.8. The van der Waals surface area contributed by atoms with Gasteiger partial charge in [-0.3, -0.25) is 0 Å². The van der Waals surface area contributed by atoms with Gasteiger partial charge in [0.15, 0.2) is 0 Å². The van der Waals surface area contributed by atoms with Gasteiger partial charge in [0.05, 0.1) is 0 Å². The minimum Gasteiger partial charge on any atom is -0.413 e. The maximum absolute atomic E-state index is 7.91. The zero-order valence-electron chi connectivity index (χ0n) is 79.2. The van der Waals surface area contributed by atoms with Gasteiger partial charge in [0.25, 0.3) is 0 Å². The van der Waals surface area contributed by atoms with E-state index in [-0.39, 0.29) is 32.5 Å². The topological polar surface area (TPSA) is 92.5 Å². The molecule has 18 aromatic carbocycles. The molecule has 672 valence electrons. The number of benzene rings is 18. The second-order valence-corrected chi connectivity index (χ2v) is 47.2. The van der Waals surface area contributed by atoms with Crippen LogP contribution in [0.25, 0.3) is 134 Å². The number of rotatable bonds is 18. The lowest BCUT2D eigenvalue weighted by molar-refractivity contribution is 0.443. The van der Waals surface area contributed by atoms with Gasteiger partial charge in [-0.2, -0.15) is 0 Å². The molecule has 9 nitrogen and oxygen atoms in total. The highest BCUT2D eigenvalue weighted by atomic mass is 31.3. The van der Waals surface area contributed by atoms with Crippen LogP contribution in [0.2, 0.25) is 0 Å². The summed E-state index contributed by atoms with van der Waals surface area (Å²) < 4.78 is 65.5. The lowest BCUT2D eigenvalue weighted by Gasteiger charge is -2.33. The quantitative estimate of drug-likeness (QED) is 0.0795. The van der Waals surface area contributed by atoms with E-state index in [9.17, 15) is 0 Å². The summed E-state index contributed by atoms with van der Waals surface area (Å²) in [5.41, 5.74) is 41.4. The second kappa shape index (κ2) is 31.2. The fraction of sp³-hybridized carbons (Fsp3) is 0.143. The lowest BCUT2D eigenvalue weighted by Crippen LogP contribution is -2.14. The Balaban J connectivity index is 0.695. The standard InChI is InChI=1S/C126H102N3O6P3/c1-121(2)109-31-19-13-25-97(109)103-67-49-85(73-115(103)121)79-37-55-91(56-38-79)130-136(131-92-57-39-80(40-58-92)86-50-68-104-98-26-14-20-32-110(98)122(3,4)116(104)74-86)127-137(132-93-59-41-81(42-60-93)87-51-69-105-99-27-15-21-33-111(99)123(5,6)117(105)75-87,133-94-61-43-82(44-62-94)88-52-70-106-100-28-16-22-34-112(100)124(7,8)118(106)76-88)129-138(128-136,134-95-63-45-83(46-64-95)89-53-71-107-101-29-17-23-35-113(101)125(9,10)119(107)77-89)135-96-65-47-84(48-66-96)90-54-72-108-102-30-18-24-36-114(102)126(11,12)120(108)78-90/h13-78H,1-12H3. The molecule has 1 heterocycles. The maximum Gasteiger partial charge on any atom is 0.460 e. The minimum atomic E-state index is -4.58. The van der Waals surface area contributed by atoms with Crippen LogP contribution < -0.4 is 27.1 Å². The van der Waals surface area contributed by atoms with Crippen molar-refractivity contribution in [3.8, 4) is 168 Å². The first kappa shape index (κ1) is 85.1. The van der Waals surface area contributed by atoms with Crippen molar-refractivity contribution in [2.75, 3.05) is 0 Å². The van der Waals surface area contributed by atoms with Crippen molar-refractivity contribution < 1.29 is 27.1 Å². The van der Waals surface area contributed by atoms with Crippen LogP contribution >= 0.6 is 23.0 Å². The summed E-state index contributed by atoms with van der Waals surface area (Å²) in [7, 11) is -13.7. The number of nitrogens with zero attached hydrogens (tertiary/aromatic N) is 3. The Hall–Kier alpha value is -14.6. The molecule has 25 rings (SSSR count). The van der Waals surface area contributed by atoms with Gasteiger partial charge in [0.2, 0.25) is 0 Å². The summed E-state index contributed by atoms with van der Waals surface area (Å²) in [6, 6.07) is 143. The molecule has 0 spiro atoms. The van der Waals surface area contributed by atoms with Crippen molar-refractivity contribution in [3.05, 3.63) is 467 Å². The van der Waals surface area contributed by atoms with Crippen LogP contribution in [0.4, 0.5) is 0 Å². The molecule has 0 N–H and O–H groups in total. The monoisotopic (exact) mass is 1850 g/mol. The summed E-state index contributed by atoms with van der Waals surface area (Å²) in [6.07, 6.45) is 0. The number of hydrogen-bond donors (Lipinski definition) is 0. The van der Waals surface area contributed by atoms with Crippen LogP contribution in [0, 0.1) is 0 Å². The largest absolute Gasteiger partial charge is 0.460 e. The molecule has 7 aliphatic rings. The van der Waals surface area contributed by atoms with Crippen LogP contribution in [0.5, 0.6) is 34.5 Å². The number of hydrogen-bond acceptors (Lipinski definition) is 9. The third kappa shape index (κ3) is 13.8. The van der Waals surface area contributed by atoms with Crippen molar-refractivity contribution in [1.82, 2.24) is 0 Å². The lowest BCUT2D eigenvalue weighted by atomic mass is 9.81. The Morgan fingerprint density at radius 1 is 0.138 bits per heavy atom. The highest BCUT2D eigenvalue weighted by Gasteiger charge is 2.51. The van der Waals surface area contributed by atoms with E-state index in [0.717, 1.165) is 66.8 Å². The summed E-state index contributed by atoms with van der Waals surface area (Å²) >= 11 is 0. The van der Waals surface area contributed by atoms with Crippen LogP contribution in [0.15, 0.2) is 414 Å². The van der Waals surface area contributed by atoms with E-state index < -0.39 is 23.0 Å². The average Bonchev–Trinajstić information content (AvgIpc) is 1.47. The molecule has 1 aliphatic heterocycles. The van der Waals surface area contributed by atoms with Gasteiger partial charge in [-0.25, -0.2) is 0 Å². The molecule has 18 aromatic rings. The first-order valence-electron chi connectivity index (χ1n) is 47.8. The molecular formula is C126H102N3O6P3. The molecule has 0 aromatic heterocycles. The van der Waals surface area contributed by atoms with Gasteiger partial charge in [-0.05, 0) is 309 Å². The Labute approximate surface area is 808 Å². The summed E-state index contributed by atoms with van der Waals surface area (Å²) in [5, 5.41) is 0. The SMILES string of the molecule is CC1(C)c2ccccc2-c2ccc(-c3ccc(OP4(Oc5ccc(-c6ccc7c(c6)C(C)(C)c6ccccc6-7)cc5)=NP(Oc5ccc(-c6ccc7c(c6)C(C)(C)c6ccccc6-7)cc5)(Oc5ccc(-c6ccc7c(c6)C(C)(C)c6ccccc6-7)cc5)=NP(Oc5ccc(-c6ccc7c(c6)C(C)(C)c6ccccc6-7)cc5)(Oc5ccc(-c6ccc7c(c6)C(C)(C)c6ccccc6-7)cc5)=N4)cc3)cc21. The molecule has 12 heteroatoms. The van der Waals surface area contributed by atoms with Crippen LogP contribution in [-0.4, -0.2) is 0 Å². The van der Waals surface area contributed by atoms with Crippen LogP contribution in [0.1, 0.15) is 150 Å². The minimum absolute atomic E-state index is 0.231. The zero-order valence-corrected chi connectivity index (χ0v) is 81.9. The summed E-state index contributed by atoms with van der Waals surface area (Å²) in [4.78, 5) is 0. The molecule has 0 radical (unpaired) electrons. The van der Waals surface area contributed by atoms with Crippen molar-refractivity contribution in [1.29, 1.82) is 0 Å². The van der Waals surface area contributed by atoms with Crippen LogP contribution in [0.3, 0.4) is 0 Å². The Morgan fingerprint density at radius 3 is 0.406 bits per heavy atom. The predicted molar refractivity (Wildman–Crippen MR) is 568 cm³/mol. The molecule has 6 aliphatic carbocycles. The molecule has 0 bridgehead atoms. The predicted octanol–water partition coefficient (Wildman–Crippen LogP) is 36.2. The fourth-order valence-electron chi connectivity index (χ4n) is 23.1. The molecule has 0 saturated carbocycles. The van der Waals surface area contributed by atoms with E-state index in [2.05, 4.69) is 411 Å². The summed E-state index contributed by atoms with van der Waals surface area (Å²) in [6.45, 7) is 27.8. The van der Waals surface area contributed by atoms with Gasteiger partial charge >= 0.3 is 23.0 Å². The molecule has 0 saturated heterocycles. The Morgan fingerprint density at radius 2 is 0.261 bits per heavy atom. The smallest absolute Gasteiger partial charge is 0.413 e. The molecule has 138 heavy (non-hydrogen) atoms. The van der Waals surface area contributed by atoms with Crippen molar-refractivity contribution in [2.24, 2.45) is 13.5 Å². The Bertz CT molecular complexity index is 7070. The molecular weight excluding hydrogens is 1740 g/mol. The van der Waals surface area contributed by atoms with E-state index in [0.29, 0.717) is 34.5 Å². The highest BCUT2D eigenvalue weighted by molar-refractivity contribution is 7.79. The Kier molecular flexibility index (Phi) is 19.3. The van der Waals surface area contributed by atoms with Crippen molar-refractivity contribution in [3.63, 3.8) is 0 Å². The maximum atomic E-state index is 7.91. The molecule has 0 unspecified atom stereocenters. The highest BCUT2D eigenvalue weighted by Crippen LogP contribution is 2.79. The fourth-order valence-corrected chi connectivity index (χ4v) is 32.2. The molecule has 0 fully saturated rings. The van der Waals surface area contributed by atoms with E-state index in [4.69, 9.17) is 40.7 Å². The van der Waals surface area contributed by atoms with Gasteiger partial charge in [-0.1, -0.05) is 388 Å². The van der Waals surface area contributed by atoms with Gasteiger partial charge in [-0.15, -0.1) is 0 Å². The first-order valence-corrected chi connectivity index (χ1v) is 52.4. The average molecular weight is 1850 g/mol. The number of fused-ring (bicyclic) bond motifs is 18. The van der Waals surface area contributed by atoms with E-state index in [1.54, 1.807) is 0 Å². The van der Waals surface area contributed by atoms with E-state index >= 15 is 0 Å². The third-order valence-electron chi connectivity index (χ3n) is 30.7. The van der Waals surface area contributed by atoms with E-state index in [1.807, 2.05) is 72.8 Å².